The zero-order valence-corrected chi connectivity index (χ0v) is 13.2. The zero-order valence-electron chi connectivity index (χ0n) is 13.2. The normalized spacial score (nSPS) is 17.2. The molecule has 21 heavy (non-hydrogen) atoms. The van der Waals surface area contributed by atoms with Crippen molar-refractivity contribution in [1.29, 1.82) is 5.26 Å². The summed E-state index contributed by atoms with van der Waals surface area (Å²) in [4.78, 5) is 2.37. The maximum Gasteiger partial charge on any atom is 0.122 e. The molecule has 1 aliphatic carbocycles. The first kappa shape index (κ1) is 15.7. The lowest BCUT2D eigenvalue weighted by molar-refractivity contribution is 0.217. The molecule has 1 aromatic rings. The molecule has 0 saturated carbocycles. The summed E-state index contributed by atoms with van der Waals surface area (Å²) >= 11 is 0. The standard InChI is InChI=1S/C17H24N2O2/c1-19(11-5-4-10-18)13-6-7-14-15(12-13)17(21-3)9-8-16(14)20-2/h8-9,13H,4-7,11-12H2,1-3H3. The molecule has 0 bridgehead atoms. The predicted molar refractivity (Wildman–Crippen MR) is 82.8 cm³/mol. The van der Waals surface area contributed by atoms with Gasteiger partial charge in [-0.3, -0.25) is 0 Å². The smallest absolute Gasteiger partial charge is 0.122 e. The van der Waals surface area contributed by atoms with Crippen LogP contribution in [0.3, 0.4) is 0 Å². The summed E-state index contributed by atoms with van der Waals surface area (Å²) in [7, 11) is 5.60. The third kappa shape index (κ3) is 3.48. The minimum Gasteiger partial charge on any atom is -0.496 e. The van der Waals surface area contributed by atoms with E-state index in [0.717, 1.165) is 43.7 Å². The van der Waals surface area contributed by atoms with Gasteiger partial charge in [0.05, 0.1) is 20.3 Å². The molecule has 0 aromatic heterocycles. The zero-order chi connectivity index (χ0) is 15.2. The van der Waals surface area contributed by atoms with Crippen LogP contribution in [0.4, 0.5) is 0 Å². The molecule has 0 spiro atoms. The first-order chi connectivity index (χ1) is 10.2. The Morgan fingerprint density at radius 2 is 1.90 bits per heavy atom. The van der Waals surface area contributed by atoms with E-state index in [0.29, 0.717) is 12.5 Å². The molecule has 1 atom stereocenters. The number of rotatable bonds is 6. The highest BCUT2D eigenvalue weighted by Crippen LogP contribution is 2.37. The molecule has 0 fully saturated rings. The van der Waals surface area contributed by atoms with Gasteiger partial charge in [-0.05, 0) is 51.4 Å². The Labute approximate surface area is 127 Å². The van der Waals surface area contributed by atoms with Crippen LogP contribution in [-0.2, 0) is 12.8 Å². The maximum atomic E-state index is 8.65. The second kappa shape index (κ2) is 7.33. The molecule has 1 aromatic carbocycles. The van der Waals surface area contributed by atoms with E-state index >= 15 is 0 Å². The lowest BCUT2D eigenvalue weighted by Gasteiger charge is -2.33. The van der Waals surface area contributed by atoms with Crippen LogP contribution in [0.1, 0.15) is 30.4 Å². The van der Waals surface area contributed by atoms with Gasteiger partial charge in [0.15, 0.2) is 0 Å². The van der Waals surface area contributed by atoms with E-state index in [1.807, 2.05) is 12.1 Å². The van der Waals surface area contributed by atoms with Gasteiger partial charge in [0.1, 0.15) is 11.5 Å². The molecule has 4 nitrogen and oxygen atoms in total. The van der Waals surface area contributed by atoms with Crippen molar-refractivity contribution in [2.75, 3.05) is 27.8 Å². The van der Waals surface area contributed by atoms with E-state index in [2.05, 4.69) is 18.0 Å². The van der Waals surface area contributed by atoms with E-state index in [1.165, 1.54) is 11.1 Å². The number of fused-ring (bicyclic) bond motifs is 1. The minimum atomic E-state index is 0.511. The van der Waals surface area contributed by atoms with Crippen LogP contribution in [0.2, 0.25) is 0 Å². The Morgan fingerprint density at radius 3 is 2.52 bits per heavy atom. The molecule has 0 heterocycles. The summed E-state index contributed by atoms with van der Waals surface area (Å²) in [6, 6.07) is 6.71. The Balaban J connectivity index is 2.13. The number of hydrogen-bond acceptors (Lipinski definition) is 4. The van der Waals surface area contributed by atoms with Gasteiger partial charge in [0.25, 0.3) is 0 Å². The molecule has 1 unspecified atom stereocenters. The highest BCUT2D eigenvalue weighted by molar-refractivity contribution is 5.50. The van der Waals surface area contributed by atoms with Crippen molar-refractivity contribution in [2.24, 2.45) is 0 Å². The van der Waals surface area contributed by atoms with Gasteiger partial charge in [0.2, 0.25) is 0 Å². The number of ether oxygens (including phenoxy) is 2. The first-order valence-electron chi connectivity index (χ1n) is 7.51. The fourth-order valence-corrected chi connectivity index (χ4v) is 3.15. The van der Waals surface area contributed by atoms with Gasteiger partial charge in [-0.2, -0.15) is 5.26 Å². The van der Waals surface area contributed by atoms with Crippen molar-refractivity contribution in [3.8, 4) is 17.6 Å². The molecule has 1 aliphatic rings. The molecule has 0 saturated heterocycles. The lowest BCUT2D eigenvalue weighted by atomic mass is 9.86. The van der Waals surface area contributed by atoms with Crippen molar-refractivity contribution < 1.29 is 9.47 Å². The van der Waals surface area contributed by atoms with Crippen LogP contribution in [-0.4, -0.2) is 38.8 Å². The Bertz CT molecular complexity index is 522. The number of benzene rings is 1. The summed E-state index contributed by atoms with van der Waals surface area (Å²) in [5, 5.41) is 8.65. The van der Waals surface area contributed by atoms with Gasteiger partial charge in [0, 0.05) is 23.6 Å². The van der Waals surface area contributed by atoms with Gasteiger partial charge in [-0.1, -0.05) is 0 Å². The first-order valence-corrected chi connectivity index (χ1v) is 7.51. The van der Waals surface area contributed by atoms with Crippen LogP contribution >= 0.6 is 0 Å². The number of nitriles is 1. The van der Waals surface area contributed by atoms with Gasteiger partial charge < -0.3 is 14.4 Å². The lowest BCUT2D eigenvalue weighted by Crippen LogP contribution is -2.37. The average molecular weight is 288 g/mol. The van der Waals surface area contributed by atoms with Crippen molar-refractivity contribution in [2.45, 2.75) is 38.1 Å². The van der Waals surface area contributed by atoms with E-state index in [-0.39, 0.29) is 0 Å². The highest BCUT2D eigenvalue weighted by Gasteiger charge is 2.26. The number of likely N-dealkylation sites (N-methyl/N-ethyl adjacent to an activating group) is 1. The van der Waals surface area contributed by atoms with Crippen molar-refractivity contribution in [3.05, 3.63) is 23.3 Å². The van der Waals surface area contributed by atoms with Crippen molar-refractivity contribution in [3.63, 3.8) is 0 Å². The summed E-state index contributed by atoms with van der Waals surface area (Å²) < 4.78 is 11.0. The van der Waals surface area contributed by atoms with Crippen LogP contribution in [0.25, 0.3) is 0 Å². The van der Waals surface area contributed by atoms with Crippen LogP contribution in [0.15, 0.2) is 12.1 Å². The third-order valence-electron chi connectivity index (χ3n) is 4.38. The quantitative estimate of drug-likeness (QED) is 0.755. The van der Waals surface area contributed by atoms with Gasteiger partial charge >= 0.3 is 0 Å². The average Bonchev–Trinajstić information content (AvgIpc) is 2.53. The van der Waals surface area contributed by atoms with Gasteiger partial charge in [-0.25, -0.2) is 0 Å². The number of methoxy groups -OCH3 is 2. The topological polar surface area (TPSA) is 45.5 Å². The third-order valence-corrected chi connectivity index (χ3v) is 4.38. The molecule has 2 rings (SSSR count). The molecule has 0 amide bonds. The van der Waals surface area contributed by atoms with Gasteiger partial charge in [-0.15, -0.1) is 0 Å². The summed E-state index contributed by atoms with van der Waals surface area (Å²) in [6.07, 6.45) is 4.69. The van der Waals surface area contributed by atoms with E-state index in [1.54, 1.807) is 14.2 Å². The second-order valence-corrected chi connectivity index (χ2v) is 5.57. The fourth-order valence-electron chi connectivity index (χ4n) is 3.15. The van der Waals surface area contributed by atoms with E-state index in [4.69, 9.17) is 14.7 Å². The van der Waals surface area contributed by atoms with Crippen LogP contribution in [0.5, 0.6) is 11.5 Å². The van der Waals surface area contributed by atoms with E-state index < -0.39 is 0 Å². The Hall–Kier alpha value is -1.73. The summed E-state index contributed by atoms with van der Waals surface area (Å²) in [5.74, 6) is 1.93. The van der Waals surface area contributed by atoms with Crippen LogP contribution in [0, 0.1) is 11.3 Å². The van der Waals surface area contributed by atoms with Crippen LogP contribution < -0.4 is 9.47 Å². The Morgan fingerprint density at radius 1 is 1.24 bits per heavy atom. The second-order valence-electron chi connectivity index (χ2n) is 5.57. The SMILES string of the molecule is COc1ccc(OC)c2c1CCC(N(C)CCCC#N)C2. The largest absolute Gasteiger partial charge is 0.496 e. The number of unbranched alkanes of at least 4 members (excludes halogenated alkanes) is 1. The monoisotopic (exact) mass is 288 g/mol. The predicted octanol–water partition coefficient (Wildman–Crippen LogP) is 2.80. The van der Waals surface area contributed by atoms with Crippen molar-refractivity contribution in [1.82, 2.24) is 4.90 Å². The maximum absolute atomic E-state index is 8.65. The summed E-state index contributed by atoms with van der Waals surface area (Å²) in [5.41, 5.74) is 2.57. The molecule has 0 aliphatic heterocycles. The number of hydrogen-bond donors (Lipinski definition) is 0. The molecular weight excluding hydrogens is 264 g/mol. The molecule has 0 radical (unpaired) electrons. The van der Waals surface area contributed by atoms with E-state index in [9.17, 15) is 0 Å². The molecular formula is C17H24N2O2. The fraction of sp³-hybridized carbons (Fsp3) is 0.588. The summed E-state index contributed by atoms with van der Waals surface area (Å²) in [6.45, 7) is 0.972. The molecule has 4 heteroatoms. The minimum absolute atomic E-state index is 0.511. The number of nitrogens with zero attached hydrogens (tertiary/aromatic N) is 2. The van der Waals surface area contributed by atoms with Crippen molar-refractivity contribution >= 4 is 0 Å². The Kier molecular flexibility index (Phi) is 5.46. The molecule has 114 valence electrons. The molecule has 0 N–H and O–H groups in total. The highest BCUT2D eigenvalue weighted by atomic mass is 16.5.